The van der Waals surface area contributed by atoms with Crippen LogP contribution in [0.25, 0.3) is 0 Å². The van der Waals surface area contributed by atoms with Gasteiger partial charge in [0, 0.05) is 22.9 Å². The van der Waals surface area contributed by atoms with Crippen LogP contribution < -0.4 is 5.32 Å². The Labute approximate surface area is 137 Å². The highest BCUT2D eigenvalue weighted by Gasteiger charge is 2.07. The number of carbonyl (C=O) groups excluding carboxylic acids is 1. The monoisotopic (exact) mass is 395 g/mol. The van der Waals surface area contributed by atoms with Gasteiger partial charge in [-0.1, -0.05) is 11.6 Å². The van der Waals surface area contributed by atoms with Gasteiger partial charge < -0.3 is 5.32 Å². The molecule has 102 valence electrons. The van der Waals surface area contributed by atoms with Crippen LogP contribution in [0.15, 0.2) is 28.1 Å². The molecule has 0 aliphatic heterocycles. The van der Waals surface area contributed by atoms with Gasteiger partial charge in [0.25, 0.3) is 5.91 Å². The average molecular weight is 397 g/mol. The zero-order valence-corrected chi connectivity index (χ0v) is 14.6. The SMILES string of the molecule is O=C(NCCSCc1ccc(Br)s1)c1ccc(Cl)s1. The van der Waals surface area contributed by atoms with Gasteiger partial charge in [0.05, 0.1) is 13.0 Å². The summed E-state index contributed by atoms with van der Waals surface area (Å²) in [4.78, 5) is 13.7. The Morgan fingerprint density at radius 3 is 2.79 bits per heavy atom. The van der Waals surface area contributed by atoms with Crippen LogP contribution in [-0.2, 0) is 5.75 Å². The predicted octanol–water partition coefficient (Wildman–Crippen LogP) is 4.89. The second-order valence-corrected chi connectivity index (χ2v) is 8.99. The first-order valence-electron chi connectivity index (χ1n) is 5.50. The molecule has 0 aromatic carbocycles. The maximum Gasteiger partial charge on any atom is 0.261 e. The van der Waals surface area contributed by atoms with Crippen molar-refractivity contribution in [3.8, 4) is 0 Å². The second-order valence-electron chi connectivity index (χ2n) is 3.62. The summed E-state index contributed by atoms with van der Waals surface area (Å²) in [7, 11) is 0. The molecule has 0 bridgehead atoms. The zero-order valence-electron chi connectivity index (χ0n) is 9.82. The lowest BCUT2D eigenvalue weighted by atomic mass is 10.4. The summed E-state index contributed by atoms with van der Waals surface area (Å²) in [5, 5.41) is 2.89. The van der Waals surface area contributed by atoms with Gasteiger partial charge in [0.1, 0.15) is 0 Å². The number of hydrogen-bond acceptors (Lipinski definition) is 4. The molecule has 1 N–H and O–H groups in total. The molecule has 0 radical (unpaired) electrons. The number of thioether (sulfide) groups is 1. The van der Waals surface area contributed by atoms with E-state index in [1.165, 1.54) is 16.2 Å². The molecule has 7 heteroatoms. The van der Waals surface area contributed by atoms with Crippen LogP contribution in [0.5, 0.6) is 0 Å². The first-order valence-corrected chi connectivity index (χ1v) is 9.46. The molecular formula is C12H11BrClNOS3. The van der Waals surface area contributed by atoms with Crippen LogP contribution >= 0.6 is 62.0 Å². The Morgan fingerprint density at radius 1 is 1.32 bits per heavy atom. The van der Waals surface area contributed by atoms with Crippen molar-refractivity contribution in [1.82, 2.24) is 5.32 Å². The number of thiophene rings is 2. The van der Waals surface area contributed by atoms with Gasteiger partial charge in [-0.25, -0.2) is 0 Å². The van der Waals surface area contributed by atoms with Crippen molar-refractivity contribution in [3.63, 3.8) is 0 Å². The Hall–Kier alpha value is -0.0100. The summed E-state index contributed by atoms with van der Waals surface area (Å²) < 4.78 is 1.80. The van der Waals surface area contributed by atoms with Gasteiger partial charge in [-0.3, -0.25) is 4.79 Å². The van der Waals surface area contributed by atoms with Crippen molar-refractivity contribution in [2.75, 3.05) is 12.3 Å². The highest BCUT2D eigenvalue weighted by atomic mass is 79.9. The van der Waals surface area contributed by atoms with Gasteiger partial charge >= 0.3 is 0 Å². The maximum absolute atomic E-state index is 11.7. The molecule has 2 nitrogen and oxygen atoms in total. The van der Waals surface area contributed by atoms with Crippen LogP contribution in [0.1, 0.15) is 14.5 Å². The number of hydrogen-bond donors (Lipinski definition) is 1. The Morgan fingerprint density at radius 2 is 2.16 bits per heavy atom. The van der Waals surface area contributed by atoms with E-state index in [-0.39, 0.29) is 5.91 Å². The van der Waals surface area contributed by atoms with Gasteiger partial charge in [0.2, 0.25) is 0 Å². The van der Waals surface area contributed by atoms with Crippen LogP contribution in [0.4, 0.5) is 0 Å². The molecule has 0 aliphatic carbocycles. The van der Waals surface area contributed by atoms with Crippen molar-refractivity contribution in [3.05, 3.63) is 42.1 Å². The molecule has 2 rings (SSSR count). The van der Waals surface area contributed by atoms with Gasteiger partial charge in [-0.2, -0.15) is 11.8 Å². The average Bonchev–Trinajstić information content (AvgIpc) is 2.98. The molecule has 0 atom stereocenters. The molecule has 0 saturated carbocycles. The first-order chi connectivity index (χ1) is 9.15. The highest BCUT2D eigenvalue weighted by molar-refractivity contribution is 9.11. The summed E-state index contributed by atoms with van der Waals surface area (Å²) in [5.74, 6) is 1.84. The number of nitrogens with one attached hydrogen (secondary N) is 1. The smallest absolute Gasteiger partial charge is 0.261 e. The normalized spacial score (nSPS) is 10.6. The molecule has 2 aromatic heterocycles. The third-order valence-corrected chi connectivity index (χ3v) is 6.25. The summed E-state index contributed by atoms with van der Waals surface area (Å²) in [5.41, 5.74) is 0. The number of rotatable bonds is 6. The fourth-order valence-electron chi connectivity index (χ4n) is 1.36. The van der Waals surface area contributed by atoms with Gasteiger partial charge in [-0.15, -0.1) is 22.7 Å². The lowest BCUT2D eigenvalue weighted by Crippen LogP contribution is -2.24. The van der Waals surface area contributed by atoms with Crippen LogP contribution in [0.2, 0.25) is 4.34 Å². The predicted molar refractivity (Wildman–Crippen MR) is 89.8 cm³/mol. The number of halogens is 2. The molecule has 0 unspecified atom stereocenters. The van der Waals surface area contributed by atoms with Crippen molar-refractivity contribution in [1.29, 1.82) is 0 Å². The van der Waals surface area contributed by atoms with E-state index in [4.69, 9.17) is 11.6 Å². The molecule has 0 saturated heterocycles. The number of amides is 1. The largest absolute Gasteiger partial charge is 0.351 e. The van der Waals surface area contributed by atoms with Gasteiger partial charge in [0.15, 0.2) is 0 Å². The number of carbonyl (C=O) groups is 1. The summed E-state index contributed by atoms with van der Waals surface area (Å²) in [6.45, 7) is 0.672. The van der Waals surface area contributed by atoms with E-state index in [1.807, 2.05) is 11.8 Å². The first kappa shape index (κ1) is 15.4. The topological polar surface area (TPSA) is 29.1 Å². The fraction of sp³-hybridized carbons (Fsp3) is 0.250. The van der Waals surface area contributed by atoms with Crippen molar-refractivity contribution >= 4 is 67.9 Å². The van der Waals surface area contributed by atoms with E-state index in [1.54, 1.807) is 23.5 Å². The minimum absolute atomic E-state index is 0.0450. The fourth-order valence-corrected chi connectivity index (χ4v) is 4.77. The van der Waals surface area contributed by atoms with Crippen LogP contribution in [-0.4, -0.2) is 18.2 Å². The van der Waals surface area contributed by atoms with Crippen molar-refractivity contribution in [2.45, 2.75) is 5.75 Å². The minimum Gasteiger partial charge on any atom is -0.351 e. The van der Waals surface area contributed by atoms with E-state index in [0.717, 1.165) is 15.3 Å². The molecule has 0 fully saturated rings. The molecule has 0 aliphatic rings. The van der Waals surface area contributed by atoms with Gasteiger partial charge in [-0.05, 0) is 40.2 Å². The van der Waals surface area contributed by atoms with Crippen LogP contribution in [0.3, 0.4) is 0 Å². The Bertz CT molecular complexity index is 555. The van der Waals surface area contributed by atoms with E-state index in [2.05, 4.69) is 33.4 Å². The third kappa shape index (κ3) is 5.11. The van der Waals surface area contributed by atoms with Crippen molar-refractivity contribution < 1.29 is 4.79 Å². The molecular weight excluding hydrogens is 386 g/mol. The summed E-state index contributed by atoms with van der Waals surface area (Å²) in [6.07, 6.45) is 0. The standard InChI is InChI=1S/C12H11BrClNOS3/c13-10-3-1-8(18-10)7-17-6-5-15-12(16)9-2-4-11(14)19-9/h1-4H,5-7H2,(H,15,16). The van der Waals surface area contributed by atoms with Crippen molar-refractivity contribution in [2.24, 2.45) is 0 Å². The van der Waals surface area contributed by atoms with E-state index in [9.17, 15) is 4.79 Å². The lowest BCUT2D eigenvalue weighted by Gasteiger charge is -2.02. The van der Waals surface area contributed by atoms with Crippen LogP contribution in [0, 0.1) is 0 Å². The summed E-state index contributed by atoms with van der Waals surface area (Å²) in [6, 6.07) is 7.67. The minimum atomic E-state index is -0.0450. The Kier molecular flexibility index (Phi) is 6.22. The van der Waals surface area contributed by atoms with E-state index >= 15 is 0 Å². The molecule has 19 heavy (non-hydrogen) atoms. The second kappa shape index (κ2) is 7.69. The summed E-state index contributed by atoms with van der Waals surface area (Å²) >= 11 is 14.1. The Balaban J connectivity index is 1.63. The molecule has 1 amide bonds. The molecule has 0 spiro atoms. The lowest BCUT2D eigenvalue weighted by molar-refractivity contribution is 0.0960. The zero-order chi connectivity index (χ0) is 13.7. The maximum atomic E-state index is 11.7. The highest BCUT2D eigenvalue weighted by Crippen LogP contribution is 2.25. The van der Waals surface area contributed by atoms with E-state index in [0.29, 0.717) is 15.8 Å². The third-order valence-electron chi connectivity index (χ3n) is 2.20. The molecule has 2 aromatic rings. The quantitative estimate of drug-likeness (QED) is 0.704. The van der Waals surface area contributed by atoms with E-state index < -0.39 is 0 Å². The molecule has 2 heterocycles.